The molecule has 0 amide bonds. The maximum atomic E-state index is 5.42. The molecule has 0 aliphatic heterocycles. The van der Waals surface area contributed by atoms with E-state index in [1.807, 2.05) is 18.5 Å². The minimum Gasteiger partial charge on any atom is -0.256 e. The maximum absolute atomic E-state index is 5.42. The van der Waals surface area contributed by atoms with Gasteiger partial charge in [0, 0.05) is 45.3 Å². The summed E-state index contributed by atoms with van der Waals surface area (Å²) in [5.41, 5.74) is 19.7. The number of benzene rings is 6. The highest BCUT2D eigenvalue weighted by Crippen LogP contribution is 2.56. The number of para-hydroxylation sites is 1. The van der Waals surface area contributed by atoms with Crippen LogP contribution in [0.5, 0.6) is 0 Å². The van der Waals surface area contributed by atoms with Crippen molar-refractivity contribution in [3.63, 3.8) is 0 Å². The zero-order valence-corrected chi connectivity index (χ0v) is 31.9. The second-order valence-electron chi connectivity index (χ2n) is 16.5. The Labute approximate surface area is 327 Å². The second kappa shape index (κ2) is 11.9. The van der Waals surface area contributed by atoms with Gasteiger partial charge in [-0.3, -0.25) is 9.97 Å². The van der Waals surface area contributed by atoms with Crippen LogP contribution in [-0.2, 0) is 10.8 Å². The minimum atomic E-state index is -0.189. The van der Waals surface area contributed by atoms with Crippen LogP contribution < -0.4 is 0 Å². The van der Waals surface area contributed by atoms with Crippen LogP contribution in [0.15, 0.2) is 164 Å². The molecule has 3 heteroatoms. The molecule has 56 heavy (non-hydrogen) atoms. The van der Waals surface area contributed by atoms with Crippen LogP contribution in [0.2, 0.25) is 0 Å². The van der Waals surface area contributed by atoms with Gasteiger partial charge in [0.1, 0.15) is 0 Å². The Morgan fingerprint density at radius 2 is 0.982 bits per heavy atom. The normalized spacial score (nSPS) is 14.4. The third kappa shape index (κ3) is 4.80. The van der Waals surface area contributed by atoms with Crippen molar-refractivity contribution in [2.45, 2.75) is 38.5 Å². The molecule has 3 aromatic heterocycles. The van der Waals surface area contributed by atoms with Crippen molar-refractivity contribution in [2.75, 3.05) is 0 Å². The first-order valence-corrected chi connectivity index (χ1v) is 19.5. The number of hydrogen-bond donors (Lipinski definition) is 0. The van der Waals surface area contributed by atoms with Gasteiger partial charge in [0.2, 0.25) is 0 Å². The van der Waals surface area contributed by atoms with Crippen LogP contribution in [0.3, 0.4) is 0 Å². The Morgan fingerprint density at radius 3 is 1.84 bits per heavy atom. The van der Waals surface area contributed by atoms with Gasteiger partial charge in [-0.1, -0.05) is 131 Å². The monoisotopic (exact) mass is 717 g/mol. The van der Waals surface area contributed by atoms with Gasteiger partial charge in [-0.2, -0.15) is 0 Å². The molecule has 9 aromatic rings. The van der Waals surface area contributed by atoms with E-state index in [1.54, 1.807) is 0 Å². The highest BCUT2D eigenvalue weighted by Gasteiger charge is 2.41. The van der Waals surface area contributed by atoms with Crippen molar-refractivity contribution in [2.24, 2.45) is 0 Å². The van der Waals surface area contributed by atoms with E-state index in [4.69, 9.17) is 15.0 Å². The molecule has 0 saturated carbocycles. The molecule has 2 aliphatic rings. The summed E-state index contributed by atoms with van der Waals surface area (Å²) in [4.78, 5) is 15.2. The number of nitrogens with zero attached hydrogens (tertiary/aromatic N) is 3. The van der Waals surface area contributed by atoms with E-state index >= 15 is 0 Å². The van der Waals surface area contributed by atoms with Crippen molar-refractivity contribution >= 4 is 21.7 Å². The number of rotatable bonds is 4. The Bertz CT molecular complexity index is 3090. The first kappa shape index (κ1) is 32.7. The van der Waals surface area contributed by atoms with Crippen LogP contribution in [0.25, 0.3) is 88.8 Å². The predicted octanol–water partition coefficient (Wildman–Crippen LogP) is 13.5. The molecule has 0 bridgehead atoms. The summed E-state index contributed by atoms with van der Waals surface area (Å²) in [6.07, 6.45) is 3.79. The molecular weight excluding hydrogens is 679 g/mol. The molecule has 3 heterocycles. The molecule has 0 fully saturated rings. The van der Waals surface area contributed by atoms with Gasteiger partial charge in [0.15, 0.2) is 0 Å². The first-order valence-electron chi connectivity index (χ1n) is 19.5. The van der Waals surface area contributed by atoms with E-state index in [-0.39, 0.29) is 10.8 Å². The maximum Gasteiger partial charge on any atom is 0.0795 e. The third-order valence-corrected chi connectivity index (χ3v) is 12.6. The summed E-state index contributed by atoms with van der Waals surface area (Å²) >= 11 is 0. The lowest BCUT2D eigenvalue weighted by atomic mass is 9.79. The summed E-state index contributed by atoms with van der Waals surface area (Å²) in [6.45, 7) is 9.48. The largest absolute Gasteiger partial charge is 0.256 e. The average Bonchev–Trinajstić information content (AvgIpc) is 3.61. The quantitative estimate of drug-likeness (QED) is 0.182. The Hall–Kier alpha value is -6.71. The Kier molecular flexibility index (Phi) is 6.94. The Balaban J connectivity index is 1.08. The number of aromatic nitrogens is 3. The second-order valence-corrected chi connectivity index (χ2v) is 16.5. The van der Waals surface area contributed by atoms with Gasteiger partial charge in [0.05, 0.1) is 22.6 Å². The number of hydrogen-bond acceptors (Lipinski definition) is 3. The lowest BCUT2D eigenvalue weighted by molar-refractivity contribution is 0.652. The van der Waals surface area contributed by atoms with E-state index in [0.717, 1.165) is 50.2 Å². The molecular formula is C53H39N3. The SMILES string of the molecule is CC1(C)c2ccccc2-c2cc3c(cc21)-c1ccc(-c2cc(-c4cc(-c5cccc6ccccc56)ccn4)cc(-c4cccc5cccnc45)n2)cc1C3(C)C. The molecule has 0 radical (unpaired) electrons. The van der Waals surface area contributed by atoms with E-state index in [0.29, 0.717) is 0 Å². The predicted molar refractivity (Wildman–Crippen MR) is 232 cm³/mol. The molecule has 2 aliphatic carbocycles. The number of fused-ring (bicyclic) bond motifs is 8. The minimum absolute atomic E-state index is 0.0516. The lowest BCUT2D eigenvalue weighted by Crippen LogP contribution is -2.17. The molecule has 0 N–H and O–H groups in total. The molecule has 0 unspecified atom stereocenters. The smallest absolute Gasteiger partial charge is 0.0795 e. The van der Waals surface area contributed by atoms with Crippen molar-refractivity contribution in [3.05, 3.63) is 186 Å². The van der Waals surface area contributed by atoms with Gasteiger partial charge in [-0.15, -0.1) is 0 Å². The number of pyridine rings is 3. The topological polar surface area (TPSA) is 38.7 Å². The molecule has 3 nitrogen and oxygen atoms in total. The zero-order chi connectivity index (χ0) is 37.8. The van der Waals surface area contributed by atoms with E-state index in [9.17, 15) is 0 Å². The van der Waals surface area contributed by atoms with Gasteiger partial charge >= 0.3 is 0 Å². The van der Waals surface area contributed by atoms with Gasteiger partial charge < -0.3 is 0 Å². The molecule has 0 atom stereocenters. The van der Waals surface area contributed by atoms with E-state index in [2.05, 4.69) is 173 Å². The van der Waals surface area contributed by atoms with Crippen molar-refractivity contribution in [1.82, 2.24) is 15.0 Å². The summed E-state index contributed by atoms with van der Waals surface area (Å²) in [5.74, 6) is 0. The highest BCUT2D eigenvalue weighted by molar-refractivity contribution is 5.98. The third-order valence-electron chi connectivity index (χ3n) is 12.6. The zero-order valence-electron chi connectivity index (χ0n) is 31.9. The van der Waals surface area contributed by atoms with Crippen molar-refractivity contribution in [3.8, 4) is 67.2 Å². The van der Waals surface area contributed by atoms with Crippen LogP contribution in [0.1, 0.15) is 49.9 Å². The van der Waals surface area contributed by atoms with E-state index < -0.39 is 0 Å². The fourth-order valence-electron chi connectivity index (χ4n) is 9.60. The molecule has 6 aromatic carbocycles. The first-order chi connectivity index (χ1) is 27.3. The standard InChI is InChI=1S/C53H39N3/c1-52(2)44-20-8-7-17-39(44)42-30-47-43(31-46(42)52)40-22-21-35(26-45(40)53(47,3)4)49-28-36(29-50(56-49)41-19-10-14-33-15-11-24-55-51(33)41)48-27-34(23-25-54-48)38-18-9-13-32-12-5-6-16-37(32)38/h5-31H,1-4H3. The van der Waals surface area contributed by atoms with Gasteiger partial charge in [-0.25, -0.2) is 4.98 Å². The summed E-state index contributed by atoms with van der Waals surface area (Å²) in [5, 5.41) is 3.54. The summed E-state index contributed by atoms with van der Waals surface area (Å²) in [6, 6.07) is 55.1. The highest BCUT2D eigenvalue weighted by atomic mass is 14.7. The molecule has 0 saturated heterocycles. The Morgan fingerprint density at radius 1 is 0.357 bits per heavy atom. The molecule has 0 spiro atoms. The molecule has 266 valence electrons. The van der Waals surface area contributed by atoms with Gasteiger partial charge in [-0.05, 0) is 115 Å². The van der Waals surface area contributed by atoms with Gasteiger partial charge in [0.25, 0.3) is 0 Å². The molecule has 11 rings (SSSR count). The van der Waals surface area contributed by atoms with Crippen LogP contribution >= 0.6 is 0 Å². The summed E-state index contributed by atoms with van der Waals surface area (Å²) in [7, 11) is 0. The lowest BCUT2D eigenvalue weighted by Gasteiger charge is -2.24. The van der Waals surface area contributed by atoms with Crippen LogP contribution in [-0.4, -0.2) is 15.0 Å². The van der Waals surface area contributed by atoms with Crippen molar-refractivity contribution < 1.29 is 0 Å². The van der Waals surface area contributed by atoms with Crippen LogP contribution in [0, 0.1) is 0 Å². The fourth-order valence-corrected chi connectivity index (χ4v) is 9.60. The van der Waals surface area contributed by atoms with Crippen molar-refractivity contribution in [1.29, 1.82) is 0 Å². The fraction of sp³-hybridized carbons (Fsp3) is 0.113. The summed E-state index contributed by atoms with van der Waals surface area (Å²) < 4.78 is 0. The van der Waals surface area contributed by atoms with Crippen LogP contribution in [0.4, 0.5) is 0 Å². The average molecular weight is 718 g/mol. The van der Waals surface area contributed by atoms with E-state index in [1.165, 1.54) is 60.8 Å².